The Bertz CT molecular complexity index is 467. The van der Waals surface area contributed by atoms with Crippen molar-refractivity contribution in [3.05, 3.63) is 23.4 Å². The Morgan fingerprint density at radius 2 is 2.05 bits per heavy atom. The fourth-order valence-electron chi connectivity index (χ4n) is 2.04. The number of hydrogen-bond acceptors (Lipinski definition) is 4. The first-order valence-corrected chi connectivity index (χ1v) is 6.99. The molecule has 0 atom stereocenters. The zero-order valence-electron chi connectivity index (χ0n) is 13.0. The Morgan fingerprint density at radius 3 is 2.55 bits per heavy atom. The van der Waals surface area contributed by atoms with Gasteiger partial charge in [0, 0.05) is 31.4 Å². The van der Waals surface area contributed by atoms with Crippen molar-refractivity contribution in [1.29, 1.82) is 0 Å². The first-order valence-electron chi connectivity index (χ1n) is 6.99. The highest BCUT2D eigenvalue weighted by molar-refractivity contribution is 5.95. The molecule has 0 fully saturated rings. The molecular weight excluding hydrogens is 254 g/mol. The van der Waals surface area contributed by atoms with Gasteiger partial charge < -0.3 is 15.3 Å². The molecule has 0 unspecified atom stereocenters. The topological polar surface area (TPSA) is 65.5 Å². The van der Waals surface area contributed by atoms with Crippen molar-refractivity contribution < 1.29 is 9.90 Å². The van der Waals surface area contributed by atoms with E-state index in [1.54, 1.807) is 27.0 Å². The van der Waals surface area contributed by atoms with E-state index in [2.05, 4.69) is 10.3 Å². The Balaban J connectivity index is 2.99. The molecule has 0 radical (unpaired) electrons. The van der Waals surface area contributed by atoms with Crippen molar-refractivity contribution in [3.8, 4) is 0 Å². The van der Waals surface area contributed by atoms with Gasteiger partial charge in [0.2, 0.25) is 0 Å². The minimum atomic E-state index is -0.907. The van der Waals surface area contributed by atoms with Crippen molar-refractivity contribution in [2.75, 3.05) is 25.5 Å². The molecule has 1 amide bonds. The summed E-state index contributed by atoms with van der Waals surface area (Å²) in [6.45, 7) is 8.41. The van der Waals surface area contributed by atoms with Gasteiger partial charge in [0.25, 0.3) is 5.91 Å². The van der Waals surface area contributed by atoms with Crippen LogP contribution in [0.3, 0.4) is 0 Å². The normalized spacial score (nSPS) is 11.3. The minimum absolute atomic E-state index is 0.108. The average molecular weight is 279 g/mol. The summed E-state index contributed by atoms with van der Waals surface area (Å²) in [6, 6.07) is 3.57. The van der Waals surface area contributed by atoms with Gasteiger partial charge in [-0.25, -0.2) is 4.98 Å². The molecule has 0 aliphatic carbocycles. The Morgan fingerprint density at radius 1 is 1.40 bits per heavy atom. The predicted molar refractivity (Wildman–Crippen MR) is 81.0 cm³/mol. The number of carbonyl (C=O) groups is 1. The molecule has 112 valence electrons. The molecule has 0 aliphatic rings. The van der Waals surface area contributed by atoms with Crippen LogP contribution in [-0.2, 0) is 6.42 Å². The van der Waals surface area contributed by atoms with Crippen LogP contribution in [0.15, 0.2) is 12.1 Å². The van der Waals surface area contributed by atoms with Crippen LogP contribution in [-0.4, -0.2) is 46.6 Å². The zero-order valence-corrected chi connectivity index (χ0v) is 13.0. The van der Waals surface area contributed by atoms with Gasteiger partial charge in [-0.15, -0.1) is 0 Å². The Labute approximate surface area is 121 Å². The maximum absolute atomic E-state index is 12.4. The molecule has 0 bridgehead atoms. The minimum Gasteiger partial charge on any atom is -0.389 e. The number of anilines is 1. The number of nitrogens with one attached hydrogen (secondary N) is 1. The van der Waals surface area contributed by atoms with Crippen LogP contribution in [0, 0.1) is 0 Å². The summed E-state index contributed by atoms with van der Waals surface area (Å²) in [5.74, 6) is 0.607. The van der Waals surface area contributed by atoms with E-state index in [-0.39, 0.29) is 12.5 Å². The van der Waals surface area contributed by atoms with Crippen LogP contribution in [0.2, 0.25) is 0 Å². The summed E-state index contributed by atoms with van der Waals surface area (Å²) in [7, 11) is 1.69. The highest BCUT2D eigenvalue weighted by Crippen LogP contribution is 2.14. The van der Waals surface area contributed by atoms with Crippen LogP contribution in [0.25, 0.3) is 0 Å². The van der Waals surface area contributed by atoms with Crippen molar-refractivity contribution in [1.82, 2.24) is 9.88 Å². The molecular formula is C15H25N3O2. The predicted octanol–water partition coefficient (Wildman–Crippen LogP) is 1.92. The number of likely N-dealkylation sites (N-methyl/N-ethyl adjacent to an activating group) is 1. The second kappa shape index (κ2) is 6.70. The van der Waals surface area contributed by atoms with E-state index >= 15 is 0 Å². The van der Waals surface area contributed by atoms with Crippen molar-refractivity contribution in [2.45, 2.75) is 39.7 Å². The van der Waals surface area contributed by atoms with Crippen LogP contribution in [0.5, 0.6) is 0 Å². The molecule has 0 aromatic carbocycles. The molecule has 1 aromatic heterocycles. The number of nitrogens with zero attached hydrogens (tertiary/aromatic N) is 2. The molecule has 1 aromatic rings. The largest absolute Gasteiger partial charge is 0.389 e. The van der Waals surface area contributed by atoms with Gasteiger partial charge >= 0.3 is 0 Å². The van der Waals surface area contributed by atoms with Crippen molar-refractivity contribution >= 4 is 11.7 Å². The number of hydrogen-bond donors (Lipinski definition) is 2. The number of aromatic nitrogens is 1. The Hall–Kier alpha value is -1.62. The molecule has 0 saturated heterocycles. The van der Waals surface area contributed by atoms with E-state index in [4.69, 9.17) is 0 Å². The molecule has 5 nitrogen and oxygen atoms in total. The maximum Gasteiger partial charge on any atom is 0.253 e. The van der Waals surface area contributed by atoms with E-state index in [1.807, 2.05) is 19.9 Å². The van der Waals surface area contributed by atoms with E-state index in [9.17, 15) is 9.90 Å². The average Bonchev–Trinajstić information content (AvgIpc) is 2.35. The van der Waals surface area contributed by atoms with Gasteiger partial charge in [0.15, 0.2) is 0 Å². The fourth-order valence-corrected chi connectivity index (χ4v) is 2.04. The van der Waals surface area contributed by atoms with Gasteiger partial charge in [0.1, 0.15) is 5.82 Å². The summed E-state index contributed by atoms with van der Waals surface area (Å²) in [5, 5.41) is 12.9. The Kier molecular flexibility index (Phi) is 5.51. The van der Waals surface area contributed by atoms with E-state index in [0.717, 1.165) is 18.7 Å². The quantitative estimate of drug-likeness (QED) is 0.835. The summed E-state index contributed by atoms with van der Waals surface area (Å²) < 4.78 is 0. The second-order valence-electron chi connectivity index (χ2n) is 5.59. The van der Waals surface area contributed by atoms with Crippen LogP contribution in [0.4, 0.5) is 5.82 Å². The lowest BCUT2D eigenvalue weighted by atomic mass is 10.1. The van der Waals surface area contributed by atoms with Crippen molar-refractivity contribution in [3.63, 3.8) is 0 Å². The number of pyridine rings is 1. The third-order valence-electron chi connectivity index (χ3n) is 2.82. The molecule has 2 N–H and O–H groups in total. The molecule has 1 heterocycles. The summed E-state index contributed by atoms with van der Waals surface area (Å²) in [5.41, 5.74) is 0.568. The first kappa shape index (κ1) is 16.4. The first-order chi connectivity index (χ1) is 9.26. The number of rotatable bonds is 6. The van der Waals surface area contributed by atoms with Gasteiger partial charge in [-0.1, -0.05) is 6.92 Å². The molecule has 5 heteroatoms. The third-order valence-corrected chi connectivity index (χ3v) is 2.82. The molecule has 20 heavy (non-hydrogen) atoms. The number of amides is 1. The number of aryl methyl sites for hydroxylation is 1. The second-order valence-corrected chi connectivity index (χ2v) is 5.59. The van der Waals surface area contributed by atoms with Gasteiger partial charge in [0.05, 0.1) is 5.60 Å². The highest BCUT2D eigenvalue weighted by atomic mass is 16.3. The van der Waals surface area contributed by atoms with E-state index < -0.39 is 5.60 Å². The number of carbonyl (C=O) groups excluding carboxylic acids is 1. The maximum atomic E-state index is 12.4. The lowest BCUT2D eigenvalue weighted by Crippen LogP contribution is -2.39. The summed E-state index contributed by atoms with van der Waals surface area (Å²) >= 11 is 0. The SMILES string of the molecule is CCNc1cc(C(=O)N(C)CC(C)(C)O)cc(CC)n1. The fraction of sp³-hybridized carbons (Fsp3) is 0.600. The molecule has 0 aliphatic heterocycles. The molecule has 1 rings (SSSR count). The van der Waals surface area contributed by atoms with Crippen LogP contribution >= 0.6 is 0 Å². The highest BCUT2D eigenvalue weighted by Gasteiger charge is 2.21. The van der Waals surface area contributed by atoms with Gasteiger partial charge in [-0.3, -0.25) is 4.79 Å². The van der Waals surface area contributed by atoms with E-state index in [1.165, 1.54) is 4.90 Å². The van der Waals surface area contributed by atoms with Crippen LogP contribution < -0.4 is 5.32 Å². The molecule has 0 saturated carbocycles. The third kappa shape index (κ3) is 4.81. The lowest BCUT2D eigenvalue weighted by molar-refractivity contribution is 0.0368. The van der Waals surface area contributed by atoms with Gasteiger partial charge in [-0.05, 0) is 39.3 Å². The monoisotopic (exact) mass is 279 g/mol. The molecule has 0 spiro atoms. The van der Waals surface area contributed by atoms with Crippen LogP contribution in [0.1, 0.15) is 43.7 Å². The van der Waals surface area contributed by atoms with E-state index in [0.29, 0.717) is 11.4 Å². The zero-order chi connectivity index (χ0) is 15.3. The van der Waals surface area contributed by atoms with Gasteiger partial charge in [-0.2, -0.15) is 0 Å². The standard InChI is InChI=1S/C15H25N3O2/c1-6-12-8-11(9-13(17-12)16-7-2)14(19)18(5)10-15(3,4)20/h8-9,20H,6-7,10H2,1-5H3,(H,16,17). The lowest BCUT2D eigenvalue weighted by Gasteiger charge is -2.25. The summed E-state index contributed by atoms with van der Waals surface area (Å²) in [6.07, 6.45) is 0.773. The number of aliphatic hydroxyl groups is 1. The smallest absolute Gasteiger partial charge is 0.253 e. The van der Waals surface area contributed by atoms with Crippen molar-refractivity contribution in [2.24, 2.45) is 0 Å². The summed E-state index contributed by atoms with van der Waals surface area (Å²) in [4.78, 5) is 18.4.